The Labute approximate surface area is 106 Å². The molecule has 0 saturated heterocycles. The molecule has 0 radical (unpaired) electrons. The number of nitrogens with zero attached hydrogens (tertiary/aromatic N) is 1. The summed E-state index contributed by atoms with van der Waals surface area (Å²) in [6.45, 7) is 5.66. The molecule has 1 unspecified atom stereocenters. The Morgan fingerprint density at radius 1 is 1.28 bits per heavy atom. The molecule has 2 N–H and O–H groups in total. The van der Waals surface area contributed by atoms with Crippen LogP contribution in [0.5, 0.6) is 0 Å². The maximum atomic E-state index is 12.2. The minimum absolute atomic E-state index is 0.0196. The number of carbonyl (C=O) groups excluding carboxylic acids is 1. The summed E-state index contributed by atoms with van der Waals surface area (Å²) >= 11 is 0. The summed E-state index contributed by atoms with van der Waals surface area (Å²) in [5, 5.41) is 9.84. The molecular weight excluding hydrogens is 226 g/mol. The summed E-state index contributed by atoms with van der Waals surface area (Å²) in [5.41, 5.74) is 3.47. The summed E-state index contributed by atoms with van der Waals surface area (Å²) in [6, 6.07) is 9.73. The second kappa shape index (κ2) is 5.04. The minimum atomic E-state index is -0.181. The number of H-pyrrole nitrogens is 1. The minimum Gasteiger partial charge on any atom is -0.322 e. The van der Waals surface area contributed by atoms with Gasteiger partial charge in [-0.25, -0.2) is 0 Å². The molecule has 2 aromatic rings. The van der Waals surface area contributed by atoms with E-state index in [1.54, 1.807) is 0 Å². The fourth-order valence-electron chi connectivity index (χ4n) is 1.86. The van der Waals surface area contributed by atoms with Crippen molar-refractivity contribution in [2.45, 2.75) is 26.7 Å². The van der Waals surface area contributed by atoms with E-state index in [0.29, 0.717) is 0 Å². The van der Waals surface area contributed by atoms with Crippen LogP contribution in [-0.2, 0) is 4.79 Å². The highest BCUT2D eigenvalue weighted by atomic mass is 16.1. The highest BCUT2D eigenvalue weighted by Crippen LogP contribution is 2.20. The molecule has 4 heteroatoms. The Morgan fingerprint density at radius 2 is 1.94 bits per heavy atom. The van der Waals surface area contributed by atoms with Gasteiger partial charge < -0.3 is 5.32 Å². The third kappa shape index (κ3) is 2.42. The van der Waals surface area contributed by atoms with Crippen molar-refractivity contribution in [1.29, 1.82) is 0 Å². The van der Waals surface area contributed by atoms with Gasteiger partial charge in [0.1, 0.15) is 0 Å². The predicted octanol–water partition coefficient (Wildman–Crippen LogP) is 2.77. The third-order valence-electron chi connectivity index (χ3n) is 3.07. The van der Waals surface area contributed by atoms with E-state index < -0.39 is 0 Å². The molecule has 0 bridgehead atoms. The first-order valence-corrected chi connectivity index (χ1v) is 5.97. The molecule has 1 amide bonds. The van der Waals surface area contributed by atoms with E-state index in [-0.39, 0.29) is 11.8 Å². The number of nitrogens with one attached hydrogen (secondary N) is 2. The van der Waals surface area contributed by atoms with E-state index in [9.17, 15) is 4.79 Å². The van der Waals surface area contributed by atoms with Crippen LogP contribution < -0.4 is 5.32 Å². The Kier molecular flexibility index (Phi) is 3.46. The summed E-state index contributed by atoms with van der Waals surface area (Å²) in [7, 11) is 0. The first-order chi connectivity index (χ1) is 8.59. The number of amides is 1. The van der Waals surface area contributed by atoms with Gasteiger partial charge in [0.25, 0.3) is 0 Å². The topological polar surface area (TPSA) is 57.8 Å². The van der Waals surface area contributed by atoms with Crippen molar-refractivity contribution in [1.82, 2.24) is 10.2 Å². The number of aryl methyl sites for hydroxylation is 2. The van der Waals surface area contributed by atoms with Gasteiger partial charge >= 0.3 is 0 Å². The Bertz CT molecular complexity index is 526. The molecule has 0 aliphatic heterocycles. The van der Waals surface area contributed by atoms with Gasteiger partial charge in [0, 0.05) is 0 Å². The molecule has 0 spiro atoms. The summed E-state index contributed by atoms with van der Waals surface area (Å²) < 4.78 is 0. The van der Waals surface area contributed by atoms with Crippen LogP contribution in [0.1, 0.15) is 29.8 Å². The Balaban J connectivity index is 2.14. The maximum Gasteiger partial charge on any atom is 0.231 e. The lowest BCUT2D eigenvalue weighted by Gasteiger charge is -2.12. The highest BCUT2D eigenvalue weighted by molar-refractivity contribution is 5.96. The molecule has 0 saturated carbocycles. The molecule has 0 aliphatic carbocycles. The van der Waals surface area contributed by atoms with Crippen LogP contribution in [0.2, 0.25) is 0 Å². The summed E-state index contributed by atoms with van der Waals surface area (Å²) in [4.78, 5) is 12.2. The zero-order valence-corrected chi connectivity index (χ0v) is 10.8. The van der Waals surface area contributed by atoms with Crippen LogP contribution in [0.4, 0.5) is 5.69 Å². The number of hydrogen-bond acceptors (Lipinski definition) is 2. The molecule has 0 fully saturated rings. The molecule has 4 nitrogen and oxygen atoms in total. The van der Waals surface area contributed by atoms with Crippen LogP contribution in [0, 0.1) is 13.8 Å². The van der Waals surface area contributed by atoms with Crippen LogP contribution in [0.25, 0.3) is 0 Å². The number of carbonyl (C=O) groups is 1. The van der Waals surface area contributed by atoms with Gasteiger partial charge in [-0.1, -0.05) is 30.3 Å². The van der Waals surface area contributed by atoms with E-state index in [1.807, 2.05) is 51.1 Å². The number of hydrogen-bond donors (Lipinski definition) is 2. The second-order valence-corrected chi connectivity index (χ2v) is 4.43. The van der Waals surface area contributed by atoms with Crippen molar-refractivity contribution in [3.8, 4) is 0 Å². The number of aromatic nitrogens is 2. The largest absolute Gasteiger partial charge is 0.322 e. The van der Waals surface area contributed by atoms with Crippen LogP contribution in [0.3, 0.4) is 0 Å². The van der Waals surface area contributed by atoms with Gasteiger partial charge in [-0.3, -0.25) is 9.89 Å². The molecule has 1 atom stereocenters. The first-order valence-electron chi connectivity index (χ1n) is 5.97. The summed E-state index contributed by atoms with van der Waals surface area (Å²) in [6.07, 6.45) is 0. The standard InChI is InChI=1S/C14H17N3O/c1-9(12-7-5-4-6-8-12)14(18)15-13-10(2)16-17-11(13)3/h4-9H,1-3H3,(H,15,18)(H,16,17). The Hall–Kier alpha value is -2.10. The second-order valence-electron chi connectivity index (χ2n) is 4.43. The van der Waals surface area contributed by atoms with E-state index in [4.69, 9.17) is 0 Å². The van der Waals surface area contributed by atoms with Crippen LogP contribution >= 0.6 is 0 Å². The van der Waals surface area contributed by atoms with Gasteiger partial charge in [0.2, 0.25) is 5.91 Å². The van der Waals surface area contributed by atoms with Crippen molar-refractivity contribution in [2.75, 3.05) is 5.32 Å². The fourth-order valence-corrected chi connectivity index (χ4v) is 1.86. The van der Waals surface area contributed by atoms with E-state index in [1.165, 1.54) is 0 Å². The van der Waals surface area contributed by atoms with Crippen molar-refractivity contribution < 1.29 is 4.79 Å². The highest BCUT2D eigenvalue weighted by Gasteiger charge is 2.17. The van der Waals surface area contributed by atoms with E-state index in [0.717, 1.165) is 22.6 Å². The molecule has 1 aromatic heterocycles. The van der Waals surface area contributed by atoms with E-state index in [2.05, 4.69) is 15.5 Å². The molecule has 1 aromatic carbocycles. The monoisotopic (exact) mass is 243 g/mol. The van der Waals surface area contributed by atoms with Gasteiger partial charge in [0.05, 0.1) is 23.0 Å². The number of benzene rings is 1. The molecule has 0 aliphatic rings. The smallest absolute Gasteiger partial charge is 0.231 e. The quantitative estimate of drug-likeness (QED) is 0.870. The lowest BCUT2D eigenvalue weighted by molar-refractivity contribution is -0.117. The van der Waals surface area contributed by atoms with Crippen molar-refractivity contribution in [2.24, 2.45) is 0 Å². The zero-order chi connectivity index (χ0) is 13.1. The molecule has 1 heterocycles. The van der Waals surface area contributed by atoms with Crippen LogP contribution in [0.15, 0.2) is 30.3 Å². The number of rotatable bonds is 3. The van der Waals surface area contributed by atoms with Crippen molar-refractivity contribution in [3.05, 3.63) is 47.3 Å². The van der Waals surface area contributed by atoms with Gasteiger partial charge in [-0.15, -0.1) is 0 Å². The lowest BCUT2D eigenvalue weighted by atomic mass is 10.0. The van der Waals surface area contributed by atoms with E-state index >= 15 is 0 Å². The first kappa shape index (κ1) is 12.4. The maximum absolute atomic E-state index is 12.2. The molecular formula is C14H17N3O. The van der Waals surface area contributed by atoms with Gasteiger partial charge in [-0.05, 0) is 26.3 Å². The average Bonchev–Trinajstić information content (AvgIpc) is 2.70. The van der Waals surface area contributed by atoms with Crippen molar-refractivity contribution >= 4 is 11.6 Å². The van der Waals surface area contributed by atoms with Gasteiger partial charge in [-0.2, -0.15) is 5.10 Å². The fraction of sp³-hybridized carbons (Fsp3) is 0.286. The van der Waals surface area contributed by atoms with Gasteiger partial charge in [0.15, 0.2) is 0 Å². The average molecular weight is 243 g/mol. The lowest BCUT2D eigenvalue weighted by Crippen LogP contribution is -2.19. The zero-order valence-electron chi connectivity index (χ0n) is 10.8. The summed E-state index contributed by atoms with van der Waals surface area (Å²) in [5.74, 6) is -0.200. The predicted molar refractivity (Wildman–Crippen MR) is 71.5 cm³/mol. The third-order valence-corrected chi connectivity index (χ3v) is 3.07. The molecule has 18 heavy (non-hydrogen) atoms. The Morgan fingerprint density at radius 3 is 2.50 bits per heavy atom. The van der Waals surface area contributed by atoms with Crippen molar-refractivity contribution in [3.63, 3.8) is 0 Å². The molecule has 2 rings (SSSR count). The SMILES string of the molecule is Cc1n[nH]c(C)c1NC(=O)C(C)c1ccccc1. The number of aromatic amines is 1. The number of anilines is 1. The molecule has 94 valence electrons. The van der Waals surface area contributed by atoms with Crippen LogP contribution in [-0.4, -0.2) is 16.1 Å². The normalized spacial score (nSPS) is 12.2.